The van der Waals surface area contributed by atoms with Crippen molar-refractivity contribution in [3.05, 3.63) is 39.0 Å². The summed E-state index contributed by atoms with van der Waals surface area (Å²) in [6.07, 6.45) is 0. The lowest BCUT2D eigenvalue weighted by molar-refractivity contribution is 0.589. The highest BCUT2D eigenvalue weighted by molar-refractivity contribution is 9.10. The van der Waals surface area contributed by atoms with E-state index in [0.717, 1.165) is 9.35 Å². The lowest BCUT2D eigenvalue weighted by atomic mass is 10.3. The number of imidazole rings is 1. The van der Waals surface area contributed by atoms with E-state index in [1.165, 1.54) is 11.3 Å². The van der Waals surface area contributed by atoms with Gasteiger partial charge in [0.15, 0.2) is 0 Å². The first-order valence-corrected chi connectivity index (χ1v) is 8.97. The number of H-pyrrole nitrogens is 1. The zero-order valence-corrected chi connectivity index (χ0v) is 13.3. The van der Waals surface area contributed by atoms with Crippen molar-refractivity contribution < 1.29 is 8.42 Å². The highest BCUT2D eigenvalue weighted by atomic mass is 79.9. The monoisotopic (exact) mass is 371 g/mol. The van der Waals surface area contributed by atoms with Crippen LogP contribution in [0.2, 0.25) is 0 Å². The lowest BCUT2D eigenvalue weighted by Crippen LogP contribution is -2.05. The van der Waals surface area contributed by atoms with Crippen molar-refractivity contribution in [2.24, 2.45) is 0 Å². The summed E-state index contributed by atoms with van der Waals surface area (Å²) in [5.41, 5.74) is 7.44. The highest BCUT2D eigenvalue weighted by Gasteiger charge is 2.20. The van der Waals surface area contributed by atoms with E-state index in [-0.39, 0.29) is 10.9 Å². The number of fused-ring (bicyclic) bond motifs is 1. The van der Waals surface area contributed by atoms with Gasteiger partial charge in [0.25, 0.3) is 0 Å². The molecule has 0 aliphatic heterocycles. The topological polar surface area (TPSA) is 88.8 Å². The van der Waals surface area contributed by atoms with Gasteiger partial charge in [0.1, 0.15) is 0 Å². The second kappa shape index (κ2) is 4.87. The fourth-order valence-electron chi connectivity index (χ4n) is 1.84. The number of nitrogens with zero attached hydrogens (tertiary/aromatic N) is 1. The smallest absolute Gasteiger partial charge is 0.226 e. The van der Waals surface area contributed by atoms with Crippen LogP contribution in [-0.2, 0) is 15.6 Å². The molecule has 0 aliphatic carbocycles. The zero-order valence-electron chi connectivity index (χ0n) is 10.1. The molecule has 0 saturated carbocycles. The average Bonchev–Trinajstić information content (AvgIpc) is 2.95. The maximum Gasteiger partial charge on any atom is 0.226 e. The number of rotatable bonds is 3. The molecule has 2 heterocycles. The minimum Gasteiger partial charge on any atom is -0.399 e. The molecule has 0 saturated heterocycles. The first-order chi connectivity index (χ1) is 9.44. The van der Waals surface area contributed by atoms with Gasteiger partial charge in [0.05, 0.1) is 16.8 Å². The van der Waals surface area contributed by atoms with Gasteiger partial charge >= 0.3 is 0 Å². The normalized spacial score (nSPS) is 12.1. The number of nitrogens with two attached hydrogens (primary N) is 1. The summed E-state index contributed by atoms with van der Waals surface area (Å²) in [6, 6.07) is 6.85. The molecule has 0 bridgehead atoms. The third-order valence-electron chi connectivity index (χ3n) is 2.73. The van der Waals surface area contributed by atoms with Gasteiger partial charge in [0.2, 0.25) is 15.0 Å². The van der Waals surface area contributed by atoms with Crippen molar-refractivity contribution in [3.63, 3.8) is 0 Å². The van der Waals surface area contributed by atoms with Crippen LogP contribution < -0.4 is 5.73 Å². The van der Waals surface area contributed by atoms with Crippen LogP contribution in [0.1, 0.15) is 4.88 Å². The van der Waals surface area contributed by atoms with Gasteiger partial charge in [-0.05, 0) is 40.2 Å². The molecular weight excluding hydrogens is 362 g/mol. The van der Waals surface area contributed by atoms with Gasteiger partial charge in [-0.1, -0.05) is 0 Å². The van der Waals surface area contributed by atoms with Crippen molar-refractivity contribution in [1.29, 1.82) is 0 Å². The van der Waals surface area contributed by atoms with Crippen molar-refractivity contribution in [3.8, 4) is 0 Å². The lowest BCUT2D eigenvalue weighted by Gasteiger charge is -1.97. The van der Waals surface area contributed by atoms with Crippen molar-refractivity contribution in [2.75, 3.05) is 5.73 Å². The molecule has 104 valence electrons. The predicted octanol–water partition coefficient (Wildman–Crippen LogP) is 2.94. The van der Waals surface area contributed by atoms with Gasteiger partial charge in [0, 0.05) is 20.4 Å². The van der Waals surface area contributed by atoms with E-state index in [9.17, 15) is 8.42 Å². The first kappa shape index (κ1) is 13.6. The van der Waals surface area contributed by atoms with Crippen LogP contribution in [-0.4, -0.2) is 18.4 Å². The number of nitrogen functional groups attached to an aromatic ring is 1. The number of benzene rings is 1. The third kappa shape index (κ3) is 2.58. The first-order valence-electron chi connectivity index (χ1n) is 5.65. The average molecular weight is 372 g/mol. The van der Waals surface area contributed by atoms with Crippen LogP contribution in [0.15, 0.2) is 39.3 Å². The second-order valence-corrected chi connectivity index (χ2v) is 8.13. The minimum absolute atomic E-state index is 0.0253. The van der Waals surface area contributed by atoms with E-state index in [1.54, 1.807) is 24.3 Å². The number of hydrogen-bond acceptors (Lipinski definition) is 5. The molecule has 5 nitrogen and oxygen atoms in total. The van der Waals surface area contributed by atoms with E-state index < -0.39 is 9.84 Å². The molecule has 0 aliphatic rings. The molecule has 2 aromatic heterocycles. The number of hydrogen-bond donors (Lipinski definition) is 2. The summed E-state index contributed by atoms with van der Waals surface area (Å²) in [5.74, 6) is -0.0709. The zero-order chi connectivity index (χ0) is 14.3. The Morgan fingerprint density at radius 3 is 2.85 bits per heavy atom. The van der Waals surface area contributed by atoms with Crippen molar-refractivity contribution >= 4 is 53.8 Å². The Kier molecular flexibility index (Phi) is 3.31. The second-order valence-electron chi connectivity index (χ2n) is 4.31. The summed E-state index contributed by atoms with van der Waals surface area (Å²) >= 11 is 4.70. The van der Waals surface area contributed by atoms with E-state index in [4.69, 9.17) is 5.73 Å². The van der Waals surface area contributed by atoms with Crippen LogP contribution in [0, 0.1) is 0 Å². The molecule has 0 amide bonds. The Morgan fingerprint density at radius 2 is 2.15 bits per heavy atom. The Balaban J connectivity index is 2.00. The van der Waals surface area contributed by atoms with Gasteiger partial charge in [-0.15, -0.1) is 11.3 Å². The molecule has 0 radical (unpaired) electrons. The Morgan fingerprint density at radius 1 is 1.35 bits per heavy atom. The highest BCUT2D eigenvalue weighted by Crippen LogP contribution is 2.25. The predicted molar refractivity (Wildman–Crippen MR) is 83.4 cm³/mol. The number of aromatic amines is 1. The summed E-state index contributed by atoms with van der Waals surface area (Å²) in [6.45, 7) is 0. The van der Waals surface area contributed by atoms with Gasteiger partial charge < -0.3 is 10.7 Å². The molecule has 0 fully saturated rings. The summed E-state index contributed by atoms with van der Waals surface area (Å²) in [7, 11) is -3.49. The number of thiophene rings is 1. The molecule has 3 N–H and O–H groups in total. The number of halogens is 1. The molecule has 8 heteroatoms. The van der Waals surface area contributed by atoms with Gasteiger partial charge in [-0.3, -0.25) is 0 Å². The summed E-state index contributed by atoms with van der Waals surface area (Å²) in [4.78, 5) is 7.70. The van der Waals surface area contributed by atoms with Crippen LogP contribution in [0.5, 0.6) is 0 Å². The van der Waals surface area contributed by atoms with Gasteiger partial charge in [-0.25, -0.2) is 13.4 Å². The quantitative estimate of drug-likeness (QED) is 0.692. The Hall–Kier alpha value is -1.38. The minimum atomic E-state index is -3.49. The maximum atomic E-state index is 12.3. The van der Waals surface area contributed by atoms with Crippen molar-refractivity contribution in [1.82, 2.24) is 9.97 Å². The number of nitrogens with one attached hydrogen (secondary N) is 1. The van der Waals surface area contributed by atoms with Crippen LogP contribution in [0.3, 0.4) is 0 Å². The Labute approximate surface area is 127 Å². The largest absolute Gasteiger partial charge is 0.399 e. The van der Waals surface area contributed by atoms with Gasteiger partial charge in [-0.2, -0.15) is 0 Å². The van der Waals surface area contributed by atoms with E-state index in [0.29, 0.717) is 16.7 Å². The van der Waals surface area contributed by atoms with E-state index in [2.05, 4.69) is 25.9 Å². The fraction of sp³-hybridized carbons (Fsp3) is 0.0833. The molecule has 0 atom stereocenters. The van der Waals surface area contributed by atoms with Crippen LogP contribution in [0.25, 0.3) is 11.0 Å². The van der Waals surface area contributed by atoms with E-state index >= 15 is 0 Å². The molecule has 1 aromatic carbocycles. The number of anilines is 1. The Bertz CT molecular complexity index is 883. The standard InChI is InChI=1S/C12H10BrN3O2S2/c13-7-3-9(19-5-7)6-20(17,18)12-15-10-2-1-8(14)4-11(10)16-12/h1-5H,6,14H2,(H,15,16). The molecule has 0 spiro atoms. The summed E-state index contributed by atoms with van der Waals surface area (Å²) < 4.78 is 25.5. The molecular formula is C12H10BrN3O2S2. The molecule has 20 heavy (non-hydrogen) atoms. The van der Waals surface area contributed by atoms with Crippen molar-refractivity contribution in [2.45, 2.75) is 10.9 Å². The number of aromatic nitrogens is 2. The SMILES string of the molecule is Nc1ccc2nc(S(=O)(=O)Cc3cc(Br)cs3)[nH]c2c1. The molecule has 3 rings (SSSR count). The summed E-state index contributed by atoms with van der Waals surface area (Å²) in [5, 5.41) is 1.83. The maximum absolute atomic E-state index is 12.3. The van der Waals surface area contributed by atoms with Crippen LogP contribution in [0.4, 0.5) is 5.69 Å². The van der Waals surface area contributed by atoms with E-state index in [1.807, 2.05) is 5.38 Å². The molecule has 3 aromatic rings. The third-order valence-corrected chi connectivity index (χ3v) is 6.09. The molecule has 0 unspecified atom stereocenters. The fourth-order valence-corrected chi connectivity index (χ4v) is 4.91. The number of sulfone groups is 1. The van der Waals surface area contributed by atoms with Crippen LogP contribution >= 0.6 is 27.3 Å².